The van der Waals surface area contributed by atoms with E-state index >= 15 is 0 Å². The molecule has 6 nitrogen and oxygen atoms in total. The van der Waals surface area contributed by atoms with Crippen molar-refractivity contribution >= 4 is 21.4 Å². The summed E-state index contributed by atoms with van der Waals surface area (Å²) in [5.41, 5.74) is 0.585. The van der Waals surface area contributed by atoms with E-state index in [0.29, 0.717) is 17.1 Å². The number of aromatic nitrogens is 2. The Bertz CT molecular complexity index is 683. The summed E-state index contributed by atoms with van der Waals surface area (Å²) in [7, 11) is -3.53. The van der Waals surface area contributed by atoms with Crippen LogP contribution < -0.4 is 10.0 Å². The number of rotatable bonds is 7. The first-order valence-electron chi connectivity index (χ1n) is 6.59. The molecular formula is C13H18N4O2S2. The van der Waals surface area contributed by atoms with Crippen molar-refractivity contribution in [1.29, 1.82) is 0 Å². The second-order valence-electron chi connectivity index (χ2n) is 4.45. The Labute approximate surface area is 128 Å². The summed E-state index contributed by atoms with van der Waals surface area (Å²) in [6.07, 6.45) is 1.55. The van der Waals surface area contributed by atoms with E-state index in [2.05, 4.69) is 20.2 Å². The maximum Gasteiger partial charge on any atom is 0.242 e. The highest BCUT2D eigenvalue weighted by atomic mass is 32.2. The SMILES string of the molecule is CCNCc1cc(S(=O)(=O)NCc2cccnn2)c(C)s1. The lowest BCUT2D eigenvalue weighted by molar-refractivity contribution is 0.579. The van der Waals surface area contributed by atoms with Gasteiger partial charge in [0.15, 0.2) is 0 Å². The average Bonchev–Trinajstić information content (AvgIpc) is 2.86. The van der Waals surface area contributed by atoms with E-state index in [9.17, 15) is 8.42 Å². The van der Waals surface area contributed by atoms with Crippen LogP contribution in [0.4, 0.5) is 0 Å². The van der Waals surface area contributed by atoms with Gasteiger partial charge < -0.3 is 5.32 Å². The largest absolute Gasteiger partial charge is 0.312 e. The molecule has 2 N–H and O–H groups in total. The van der Waals surface area contributed by atoms with E-state index in [-0.39, 0.29) is 6.54 Å². The monoisotopic (exact) mass is 326 g/mol. The fourth-order valence-corrected chi connectivity index (χ4v) is 4.40. The molecule has 0 aliphatic heterocycles. The number of aryl methyl sites for hydroxylation is 1. The highest BCUT2D eigenvalue weighted by Crippen LogP contribution is 2.25. The van der Waals surface area contributed by atoms with E-state index in [0.717, 1.165) is 16.3 Å². The number of thiophene rings is 1. The molecule has 0 aromatic carbocycles. The molecule has 0 unspecified atom stereocenters. The smallest absolute Gasteiger partial charge is 0.242 e. The molecule has 2 aromatic heterocycles. The van der Waals surface area contributed by atoms with Crippen molar-refractivity contribution in [1.82, 2.24) is 20.2 Å². The van der Waals surface area contributed by atoms with Crippen LogP contribution in [-0.2, 0) is 23.1 Å². The van der Waals surface area contributed by atoms with Gasteiger partial charge in [-0.15, -0.1) is 11.3 Å². The molecule has 0 saturated carbocycles. The minimum absolute atomic E-state index is 0.133. The normalized spacial score (nSPS) is 11.7. The van der Waals surface area contributed by atoms with Crippen molar-refractivity contribution < 1.29 is 8.42 Å². The Morgan fingerprint density at radius 3 is 2.81 bits per heavy atom. The maximum absolute atomic E-state index is 12.3. The van der Waals surface area contributed by atoms with E-state index in [1.807, 2.05) is 13.8 Å². The number of hydrogen-bond acceptors (Lipinski definition) is 6. The van der Waals surface area contributed by atoms with E-state index in [4.69, 9.17) is 0 Å². The Kier molecular flexibility index (Phi) is 5.40. The molecule has 114 valence electrons. The molecule has 0 bridgehead atoms. The predicted molar refractivity (Wildman–Crippen MR) is 82.5 cm³/mol. The van der Waals surface area contributed by atoms with E-state index in [1.54, 1.807) is 24.4 Å². The fourth-order valence-electron chi connectivity index (χ4n) is 1.80. The zero-order chi connectivity index (χ0) is 15.3. The third-order valence-corrected chi connectivity index (χ3v) is 5.54. The van der Waals surface area contributed by atoms with E-state index < -0.39 is 10.0 Å². The molecule has 0 aliphatic carbocycles. The third-order valence-electron chi connectivity index (χ3n) is 2.83. The summed E-state index contributed by atoms with van der Waals surface area (Å²) < 4.78 is 27.2. The lowest BCUT2D eigenvalue weighted by atomic mass is 10.4. The van der Waals surface area contributed by atoms with Crippen molar-refractivity contribution in [3.63, 3.8) is 0 Å². The molecule has 0 amide bonds. The van der Waals surface area contributed by atoms with Crippen LogP contribution in [0.1, 0.15) is 22.4 Å². The second kappa shape index (κ2) is 7.08. The lowest BCUT2D eigenvalue weighted by Crippen LogP contribution is -2.24. The van der Waals surface area contributed by atoms with Crippen molar-refractivity contribution in [3.05, 3.63) is 39.8 Å². The third kappa shape index (κ3) is 4.31. The van der Waals surface area contributed by atoms with Crippen LogP contribution in [0.25, 0.3) is 0 Å². The van der Waals surface area contributed by atoms with Crippen LogP contribution >= 0.6 is 11.3 Å². The van der Waals surface area contributed by atoms with Crippen molar-refractivity contribution in [2.45, 2.75) is 31.8 Å². The van der Waals surface area contributed by atoms with Crippen LogP contribution in [0.15, 0.2) is 29.3 Å². The van der Waals surface area contributed by atoms with Crippen molar-refractivity contribution in [3.8, 4) is 0 Å². The van der Waals surface area contributed by atoms with Gasteiger partial charge in [0.25, 0.3) is 0 Å². The summed E-state index contributed by atoms with van der Waals surface area (Å²) in [6.45, 7) is 5.50. The Balaban J connectivity index is 2.10. The van der Waals surface area contributed by atoms with Gasteiger partial charge in [0.2, 0.25) is 10.0 Å². The van der Waals surface area contributed by atoms with Gasteiger partial charge in [0, 0.05) is 22.5 Å². The maximum atomic E-state index is 12.3. The van der Waals surface area contributed by atoms with Gasteiger partial charge >= 0.3 is 0 Å². The first-order valence-corrected chi connectivity index (χ1v) is 8.89. The molecule has 0 atom stereocenters. The number of sulfonamides is 1. The highest BCUT2D eigenvalue weighted by Gasteiger charge is 2.19. The van der Waals surface area contributed by atoms with Crippen molar-refractivity contribution in [2.24, 2.45) is 0 Å². The number of nitrogens with one attached hydrogen (secondary N) is 2. The Morgan fingerprint density at radius 1 is 1.33 bits per heavy atom. The first kappa shape index (κ1) is 16.0. The van der Waals surface area contributed by atoms with Crippen LogP contribution in [0.2, 0.25) is 0 Å². The Hall–Kier alpha value is -1.35. The molecule has 21 heavy (non-hydrogen) atoms. The van der Waals surface area contributed by atoms with Crippen LogP contribution in [0, 0.1) is 6.92 Å². The molecule has 2 aromatic rings. The minimum Gasteiger partial charge on any atom is -0.312 e. The molecule has 2 rings (SSSR count). The lowest BCUT2D eigenvalue weighted by Gasteiger charge is -2.05. The van der Waals surface area contributed by atoms with Gasteiger partial charge in [-0.1, -0.05) is 6.92 Å². The zero-order valence-electron chi connectivity index (χ0n) is 12.0. The average molecular weight is 326 g/mol. The molecule has 8 heteroatoms. The fraction of sp³-hybridized carbons (Fsp3) is 0.385. The molecule has 0 spiro atoms. The summed E-state index contributed by atoms with van der Waals surface area (Å²) in [5.74, 6) is 0. The quantitative estimate of drug-likeness (QED) is 0.804. The molecular weight excluding hydrogens is 308 g/mol. The molecule has 0 fully saturated rings. The molecule has 0 radical (unpaired) electrons. The summed E-state index contributed by atoms with van der Waals surface area (Å²) in [4.78, 5) is 2.13. The van der Waals surface area contributed by atoms with Crippen LogP contribution in [0.3, 0.4) is 0 Å². The summed E-state index contributed by atoms with van der Waals surface area (Å²) >= 11 is 1.49. The number of hydrogen-bond donors (Lipinski definition) is 2. The molecule has 0 saturated heterocycles. The van der Waals surface area contributed by atoms with Gasteiger partial charge in [0.05, 0.1) is 17.1 Å². The van der Waals surface area contributed by atoms with Crippen LogP contribution in [0.5, 0.6) is 0 Å². The summed E-state index contributed by atoms with van der Waals surface area (Å²) in [6, 6.07) is 5.18. The minimum atomic E-state index is -3.53. The van der Waals surface area contributed by atoms with Gasteiger partial charge in [-0.3, -0.25) is 0 Å². The Morgan fingerprint density at radius 2 is 2.14 bits per heavy atom. The zero-order valence-corrected chi connectivity index (χ0v) is 13.6. The topological polar surface area (TPSA) is 84.0 Å². The molecule has 0 aliphatic rings. The highest BCUT2D eigenvalue weighted by molar-refractivity contribution is 7.89. The van der Waals surface area contributed by atoms with Gasteiger partial charge in [0.1, 0.15) is 0 Å². The van der Waals surface area contributed by atoms with Gasteiger partial charge in [-0.2, -0.15) is 10.2 Å². The molecule has 2 heterocycles. The predicted octanol–water partition coefficient (Wildman–Crippen LogP) is 1.43. The summed E-state index contributed by atoms with van der Waals surface area (Å²) in [5, 5.41) is 10.8. The van der Waals surface area contributed by atoms with E-state index in [1.165, 1.54) is 11.3 Å². The van der Waals surface area contributed by atoms with Crippen molar-refractivity contribution in [2.75, 3.05) is 6.54 Å². The number of nitrogens with zero attached hydrogens (tertiary/aromatic N) is 2. The first-order chi connectivity index (χ1) is 10.0. The van der Waals surface area contributed by atoms with Gasteiger partial charge in [-0.05, 0) is 31.7 Å². The second-order valence-corrected chi connectivity index (χ2v) is 7.53. The van der Waals surface area contributed by atoms with Gasteiger partial charge in [-0.25, -0.2) is 13.1 Å². The standard InChI is InChI=1S/C13H18N4O2S2/c1-3-14-9-12-7-13(10(2)20-12)21(18,19)16-8-11-5-4-6-15-17-11/h4-7,14,16H,3,8-9H2,1-2H3. The van der Waals surface area contributed by atoms with Crippen LogP contribution in [-0.4, -0.2) is 25.2 Å².